The second-order valence-electron chi connectivity index (χ2n) is 6.35. The Balaban J connectivity index is 2.61. The van der Waals surface area contributed by atoms with Crippen LogP contribution in [0, 0.1) is 6.92 Å². The van der Waals surface area contributed by atoms with Gasteiger partial charge in [0.05, 0.1) is 12.6 Å². The van der Waals surface area contributed by atoms with E-state index in [0.29, 0.717) is 0 Å². The van der Waals surface area contributed by atoms with Crippen molar-refractivity contribution < 1.29 is 9.53 Å². The number of carbonyl (C=O) groups excluding carboxylic acids is 1. The van der Waals surface area contributed by atoms with Gasteiger partial charge in [-0.2, -0.15) is 4.99 Å². The molecule has 0 saturated heterocycles. The van der Waals surface area contributed by atoms with Gasteiger partial charge in [-0.1, -0.05) is 20.8 Å². The summed E-state index contributed by atoms with van der Waals surface area (Å²) in [6.45, 7) is 8.52. The van der Waals surface area contributed by atoms with Crippen molar-refractivity contribution in [1.82, 2.24) is 0 Å². The first kappa shape index (κ1) is 13.8. The van der Waals surface area contributed by atoms with E-state index in [4.69, 9.17) is 4.74 Å². The van der Waals surface area contributed by atoms with Gasteiger partial charge in [0.2, 0.25) is 6.08 Å². The van der Waals surface area contributed by atoms with E-state index in [1.165, 1.54) is 0 Å². The summed E-state index contributed by atoms with van der Waals surface area (Å²) in [7, 11) is 1.69. The van der Waals surface area contributed by atoms with Crippen LogP contribution in [0.4, 0.5) is 0 Å². The zero-order chi connectivity index (χ0) is 14.3. The molecule has 0 unspecified atom stereocenters. The second-order valence-corrected chi connectivity index (χ2v) is 6.35. The van der Waals surface area contributed by atoms with Crippen molar-refractivity contribution in [2.75, 3.05) is 7.11 Å². The molecule has 0 aromatic heterocycles. The van der Waals surface area contributed by atoms with E-state index in [9.17, 15) is 4.79 Å². The fourth-order valence-corrected chi connectivity index (χ4v) is 2.58. The van der Waals surface area contributed by atoms with Gasteiger partial charge in [-0.25, -0.2) is 4.79 Å². The highest BCUT2D eigenvalue weighted by Gasteiger charge is 2.46. The lowest BCUT2D eigenvalue weighted by molar-refractivity contribution is 0.396. The maximum atomic E-state index is 10.6. The van der Waals surface area contributed by atoms with Crippen LogP contribution in [-0.4, -0.2) is 13.2 Å². The highest BCUT2D eigenvalue weighted by atomic mass is 16.5. The molecule has 1 saturated carbocycles. The molecule has 0 atom stereocenters. The Kier molecular flexibility index (Phi) is 3.27. The number of nitrogens with zero attached hydrogens (tertiary/aromatic N) is 1. The third-order valence-electron chi connectivity index (χ3n) is 3.84. The number of hydrogen-bond acceptors (Lipinski definition) is 3. The first-order valence-electron chi connectivity index (χ1n) is 6.63. The van der Waals surface area contributed by atoms with E-state index < -0.39 is 0 Å². The Morgan fingerprint density at radius 2 is 1.95 bits per heavy atom. The molecular formula is C16H21NO2. The number of aliphatic imine (C=N–C) groups is 1. The van der Waals surface area contributed by atoms with Crippen LogP contribution in [0.1, 0.15) is 50.3 Å². The molecular weight excluding hydrogens is 238 g/mol. The zero-order valence-corrected chi connectivity index (χ0v) is 12.3. The number of ether oxygens (including phenoxy) is 1. The molecule has 1 aromatic rings. The van der Waals surface area contributed by atoms with E-state index in [2.05, 4.69) is 37.9 Å². The molecule has 1 aromatic carbocycles. The lowest BCUT2D eigenvalue weighted by atomic mass is 9.83. The van der Waals surface area contributed by atoms with Crippen molar-refractivity contribution in [1.29, 1.82) is 0 Å². The molecule has 3 nitrogen and oxygen atoms in total. The minimum absolute atomic E-state index is 0.00519. The molecule has 0 heterocycles. The summed E-state index contributed by atoms with van der Waals surface area (Å²) in [6, 6.07) is 4.21. The van der Waals surface area contributed by atoms with E-state index in [1.54, 1.807) is 13.2 Å². The van der Waals surface area contributed by atoms with E-state index in [1.807, 2.05) is 6.92 Å². The molecule has 1 aliphatic carbocycles. The Morgan fingerprint density at radius 3 is 2.37 bits per heavy atom. The van der Waals surface area contributed by atoms with Crippen LogP contribution >= 0.6 is 0 Å². The average molecular weight is 259 g/mol. The molecule has 0 bridgehead atoms. The number of methoxy groups -OCH3 is 1. The predicted molar refractivity (Wildman–Crippen MR) is 75.5 cm³/mol. The predicted octanol–water partition coefficient (Wildman–Crippen LogP) is 3.63. The molecule has 1 aliphatic rings. The van der Waals surface area contributed by atoms with Gasteiger partial charge in [0.15, 0.2) is 0 Å². The molecule has 3 heteroatoms. The Hall–Kier alpha value is -1.60. The molecule has 102 valence electrons. The fraction of sp³-hybridized carbons (Fsp3) is 0.562. The van der Waals surface area contributed by atoms with Crippen molar-refractivity contribution in [3.05, 3.63) is 28.8 Å². The molecule has 0 spiro atoms. The largest absolute Gasteiger partial charge is 0.496 e. The summed E-state index contributed by atoms with van der Waals surface area (Å²) in [5.41, 5.74) is 3.10. The van der Waals surface area contributed by atoms with Crippen LogP contribution in [-0.2, 0) is 15.7 Å². The molecule has 1 fully saturated rings. The molecule has 19 heavy (non-hydrogen) atoms. The molecule has 0 aliphatic heterocycles. The summed E-state index contributed by atoms with van der Waals surface area (Å²) >= 11 is 0. The van der Waals surface area contributed by atoms with E-state index >= 15 is 0 Å². The quantitative estimate of drug-likeness (QED) is 0.614. The van der Waals surface area contributed by atoms with Gasteiger partial charge in [0.1, 0.15) is 5.75 Å². The number of hydrogen-bond donors (Lipinski definition) is 0. The minimum atomic E-state index is -0.321. The second kappa shape index (κ2) is 4.50. The molecule has 0 N–H and O–H groups in total. The first-order valence-corrected chi connectivity index (χ1v) is 6.63. The van der Waals surface area contributed by atoms with Crippen LogP contribution in [0.2, 0.25) is 0 Å². The minimum Gasteiger partial charge on any atom is -0.496 e. The third-order valence-corrected chi connectivity index (χ3v) is 3.84. The number of benzene rings is 1. The maximum absolute atomic E-state index is 10.6. The van der Waals surface area contributed by atoms with Crippen LogP contribution in [0.25, 0.3) is 0 Å². The van der Waals surface area contributed by atoms with Crippen LogP contribution < -0.4 is 4.74 Å². The lowest BCUT2D eigenvalue weighted by Crippen LogP contribution is -2.16. The van der Waals surface area contributed by atoms with Gasteiger partial charge in [0.25, 0.3) is 0 Å². The number of isocyanates is 1. The molecule has 0 amide bonds. The topological polar surface area (TPSA) is 38.7 Å². The summed E-state index contributed by atoms with van der Waals surface area (Å²) in [5.74, 6) is 0.902. The van der Waals surface area contributed by atoms with E-state index in [-0.39, 0.29) is 11.0 Å². The zero-order valence-electron chi connectivity index (χ0n) is 12.3. The third kappa shape index (κ3) is 2.43. The summed E-state index contributed by atoms with van der Waals surface area (Å²) in [5, 5.41) is 0. The van der Waals surface area contributed by atoms with Crippen molar-refractivity contribution in [3.8, 4) is 5.75 Å². The van der Waals surface area contributed by atoms with E-state index in [0.717, 1.165) is 35.3 Å². The highest BCUT2D eigenvalue weighted by molar-refractivity contribution is 5.51. The smallest absolute Gasteiger partial charge is 0.235 e. The average Bonchev–Trinajstić information content (AvgIpc) is 3.08. The van der Waals surface area contributed by atoms with Gasteiger partial charge < -0.3 is 4.74 Å². The number of rotatable bonds is 3. The van der Waals surface area contributed by atoms with Gasteiger partial charge in [-0.05, 0) is 54.0 Å². The standard InChI is InChI=1S/C16H21NO2/c1-11-8-14(19-5)13(15(2,3)4)9-12(11)16(6-7-16)17-10-18/h8-9H,6-7H2,1-5H3. The Labute approximate surface area is 114 Å². The Bertz CT molecular complexity index is 545. The van der Waals surface area contributed by atoms with Crippen LogP contribution in [0.3, 0.4) is 0 Å². The lowest BCUT2D eigenvalue weighted by Gasteiger charge is -2.25. The van der Waals surface area contributed by atoms with Gasteiger partial charge >= 0.3 is 0 Å². The van der Waals surface area contributed by atoms with Crippen LogP contribution in [0.5, 0.6) is 5.75 Å². The van der Waals surface area contributed by atoms with Crippen molar-refractivity contribution >= 4 is 6.08 Å². The normalized spacial score (nSPS) is 16.7. The van der Waals surface area contributed by atoms with Crippen molar-refractivity contribution in [2.45, 2.75) is 51.5 Å². The van der Waals surface area contributed by atoms with Crippen molar-refractivity contribution in [3.63, 3.8) is 0 Å². The van der Waals surface area contributed by atoms with Gasteiger partial charge in [-0.15, -0.1) is 0 Å². The van der Waals surface area contributed by atoms with Gasteiger partial charge in [-0.3, -0.25) is 0 Å². The summed E-state index contributed by atoms with van der Waals surface area (Å²) < 4.78 is 5.49. The monoisotopic (exact) mass is 259 g/mol. The van der Waals surface area contributed by atoms with Crippen molar-refractivity contribution in [2.24, 2.45) is 4.99 Å². The summed E-state index contributed by atoms with van der Waals surface area (Å²) in [6.07, 6.45) is 3.59. The molecule has 2 rings (SSSR count). The Morgan fingerprint density at radius 1 is 1.32 bits per heavy atom. The van der Waals surface area contributed by atoms with Gasteiger partial charge in [0, 0.05) is 0 Å². The fourth-order valence-electron chi connectivity index (χ4n) is 2.58. The SMILES string of the molecule is COc1cc(C)c(C2(N=C=O)CC2)cc1C(C)(C)C. The van der Waals surface area contributed by atoms with Crippen LogP contribution in [0.15, 0.2) is 17.1 Å². The maximum Gasteiger partial charge on any atom is 0.235 e. The highest BCUT2D eigenvalue weighted by Crippen LogP contribution is 2.52. The molecule has 0 radical (unpaired) electrons. The summed E-state index contributed by atoms with van der Waals surface area (Å²) in [4.78, 5) is 14.7. The number of aryl methyl sites for hydroxylation is 1. The first-order chi connectivity index (χ1) is 8.84.